The number of hydrogen-bond acceptors (Lipinski definition) is 5. The van der Waals surface area contributed by atoms with Crippen LogP contribution in [0.5, 0.6) is 11.5 Å². The van der Waals surface area contributed by atoms with Gasteiger partial charge in [-0.15, -0.1) is 0 Å². The Labute approximate surface area is 129 Å². The van der Waals surface area contributed by atoms with Gasteiger partial charge in [-0.3, -0.25) is 4.79 Å². The summed E-state index contributed by atoms with van der Waals surface area (Å²) in [4.78, 5) is 14.1. The minimum atomic E-state index is -3.01. The van der Waals surface area contributed by atoms with E-state index < -0.39 is 9.84 Å². The van der Waals surface area contributed by atoms with Crippen LogP contribution >= 0.6 is 0 Å². The van der Waals surface area contributed by atoms with E-state index in [4.69, 9.17) is 9.47 Å². The molecule has 3 rings (SSSR count). The molecule has 0 spiro atoms. The third-order valence-electron chi connectivity index (χ3n) is 4.07. The van der Waals surface area contributed by atoms with Crippen LogP contribution in [0, 0.1) is 0 Å². The van der Waals surface area contributed by atoms with Crippen molar-refractivity contribution < 1.29 is 22.7 Å². The lowest BCUT2D eigenvalue weighted by atomic mass is 10.1. The summed E-state index contributed by atoms with van der Waals surface area (Å²) >= 11 is 0. The molecule has 6 nitrogen and oxygen atoms in total. The Balaban J connectivity index is 1.79. The Kier molecular flexibility index (Phi) is 3.99. The molecule has 2 aliphatic heterocycles. The van der Waals surface area contributed by atoms with E-state index in [-0.39, 0.29) is 23.5 Å². The van der Waals surface area contributed by atoms with Crippen molar-refractivity contribution in [3.63, 3.8) is 0 Å². The van der Waals surface area contributed by atoms with Gasteiger partial charge in [0, 0.05) is 25.1 Å². The van der Waals surface area contributed by atoms with E-state index in [0.29, 0.717) is 36.7 Å². The number of carbonyl (C=O) groups is 1. The molecular weight excluding hydrogens is 306 g/mol. The maximum absolute atomic E-state index is 12.5. The molecule has 0 N–H and O–H groups in total. The third kappa shape index (κ3) is 3.04. The molecular formula is C15H19NO5S. The van der Waals surface area contributed by atoms with Crippen LogP contribution in [0.2, 0.25) is 0 Å². The van der Waals surface area contributed by atoms with Gasteiger partial charge >= 0.3 is 0 Å². The fraction of sp³-hybridized carbons (Fsp3) is 0.533. The standard InChI is InChI=1S/C15H19NO5S/c1-16(12-5-8-22(18,19)10-12)15(17)11-3-4-13-14(9-11)21-7-2-6-20-13/h3-4,9,12H,2,5-8,10H2,1H3. The van der Waals surface area contributed by atoms with E-state index in [1.165, 1.54) is 4.90 Å². The molecule has 2 heterocycles. The molecule has 1 unspecified atom stereocenters. The summed E-state index contributed by atoms with van der Waals surface area (Å²) < 4.78 is 34.2. The molecule has 0 saturated carbocycles. The summed E-state index contributed by atoms with van der Waals surface area (Å²) in [5, 5.41) is 0. The van der Waals surface area contributed by atoms with Crippen LogP contribution in [0.15, 0.2) is 18.2 Å². The van der Waals surface area contributed by atoms with Crippen molar-refractivity contribution in [2.24, 2.45) is 0 Å². The van der Waals surface area contributed by atoms with Gasteiger partial charge in [0.25, 0.3) is 5.91 Å². The number of ether oxygens (including phenoxy) is 2. The van der Waals surface area contributed by atoms with E-state index in [2.05, 4.69) is 0 Å². The van der Waals surface area contributed by atoms with Gasteiger partial charge < -0.3 is 14.4 Å². The Bertz CT molecular complexity index is 685. The van der Waals surface area contributed by atoms with E-state index >= 15 is 0 Å². The van der Waals surface area contributed by atoms with Crippen LogP contribution in [0.3, 0.4) is 0 Å². The summed E-state index contributed by atoms with van der Waals surface area (Å²) in [5.74, 6) is 1.20. The van der Waals surface area contributed by atoms with Gasteiger partial charge in [-0.25, -0.2) is 8.42 Å². The molecule has 0 aliphatic carbocycles. The lowest BCUT2D eigenvalue weighted by Crippen LogP contribution is -2.37. The SMILES string of the molecule is CN(C(=O)c1ccc2c(c1)OCCCO2)C1CCS(=O)(=O)C1. The Hall–Kier alpha value is -1.76. The first-order valence-electron chi connectivity index (χ1n) is 7.33. The molecule has 1 saturated heterocycles. The number of nitrogens with zero attached hydrogens (tertiary/aromatic N) is 1. The predicted molar refractivity (Wildman–Crippen MR) is 81.2 cm³/mol. The van der Waals surface area contributed by atoms with E-state index in [1.54, 1.807) is 25.2 Å². The second-order valence-electron chi connectivity index (χ2n) is 5.68. The number of amides is 1. The highest BCUT2D eigenvalue weighted by atomic mass is 32.2. The Morgan fingerprint density at radius 3 is 2.64 bits per heavy atom. The van der Waals surface area contributed by atoms with Crippen molar-refractivity contribution in [3.8, 4) is 11.5 Å². The fourth-order valence-corrected chi connectivity index (χ4v) is 4.52. The van der Waals surface area contributed by atoms with Crippen molar-refractivity contribution in [1.82, 2.24) is 4.90 Å². The quantitative estimate of drug-likeness (QED) is 0.814. The molecule has 22 heavy (non-hydrogen) atoms. The van der Waals surface area contributed by atoms with Crippen LogP contribution in [0.4, 0.5) is 0 Å². The van der Waals surface area contributed by atoms with Gasteiger partial charge in [-0.1, -0.05) is 0 Å². The minimum absolute atomic E-state index is 0.0415. The second-order valence-corrected chi connectivity index (χ2v) is 7.91. The fourth-order valence-electron chi connectivity index (χ4n) is 2.75. The molecule has 0 aromatic heterocycles. The Morgan fingerprint density at radius 2 is 1.95 bits per heavy atom. The number of rotatable bonds is 2. The second kappa shape index (κ2) is 5.79. The molecule has 0 radical (unpaired) electrons. The van der Waals surface area contributed by atoms with Gasteiger partial charge in [0.15, 0.2) is 21.3 Å². The number of hydrogen-bond donors (Lipinski definition) is 0. The minimum Gasteiger partial charge on any atom is -0.490 e. The maximum Gasteiger partial charge on any atom is 0.254 e. The summed E-state index contributed by atoms with van der Waals surface area (Å²) in [6.07, 6.45) is 1.30. The highest BCUT2D eigenvalue weighted by Gasteiger charge is 2.33. The van der Waals surface area contributed by atoms with Gasteiger partial charge in [0.2, 0.25) is 0 Å². The van der Waals surface area contributed by atoms with Crippen LogP contribution in [0.1, 0.15) is 23.2 Å². The number of benzene rings is 1. The van der Waals surface area contributed by atoms with Crippen molar-refractivity contribution >= 4 is 15.7 Å². The largest absolute Gasteiger partial charge is 0.490 e. The van der Waals surface area contributed by atoms with Gasteiger partial charge in [-0.05, 0) is 24.6 Å². The monoisotopic (exact) mass is 325 g/mol. The molecule has 1 aromatic rings. The normalized spacial score (nSPS) is 22.9. The molecule has 1 aromatic carbocycles. The average molecular weight is 325 g/mol. The number of sulfone groups is 1. The first kappa shape index (κ1) is 15.1. The molecule has 2 aliphatic rings. The summed E-state index contributed by atoms with van der Waals surface area (Å²) in [6.45, 7) is 1.15. The van der Waals surface area contributed by atoms with E-state index in [9.17, 15) is 13.2 Å². The topological polar surface area (TPSA) is 72.9 Å². The zero-order valence-electron chi connectivity index (χ0n) is 12.4. The highest BCUT2D eigenvalue weighted by Crippen LogP contribution is 2.31. The first-order valence-corrected chi connectivity index (χ1v) is 9.16. The van der Waals surface area contributed by atoms with Crippen LogP contribution < -0.4 is 9.47 Å². The van der Waals surface area contributed by atoms with E-state index in [1.807, 2.05) is 0 Å². The zero-order valence-corrected chi connectivity index (χ0v) is 13.3. The Morgan fingerprint density at radius 1 is 1.23 bits per heavy atom. The summed E-state index contributed by atoms with van der Waals surface area (Å²) in [7, 11) is -1.36. The van der Waals surface area contributed by atoms with Crippen molar-refractivity contribution in [2.45, 2.75) is 18.9 Å². The number of carbonyl (C=O) groups excluding carboxylic acids is 1. The van der Waals surface area contributed by atoms with E-state index in [0.717, 1.165) is 6.42 Å². The lowest BCUT2D eigenvalue weighted by molar-refractivity contribution is 0.0747. The van der Waals surface area contributed by atoms with Crippen LogP contribution in [-0.2, 0) is 9.84 Å². The molecule has 1 atom stereocenters. The average Bonchev–Trinajstić information content (AvgIpc) is 2.72. The lowest BCUT2D eigenvalue weighted by Gasteiger charge is -2.23. The molecule has 7 heteroatoms. The van der Waals surface area contributed by atoms with Crippen LogP contribution in [-0.4, -0.2) is 57.0 Å². The predicted octanol–water partition coefficient (Wildman–Crippen LogP) is 1.11. The molecule has 120 valence electrons. The summed E-state index contributed by atoms with van der Waals surface area (Å²) in [6, 6.07) is 4.83. The van der Waals surface area contributed by atoms with Gasteiger partial charge in [-0.2, -0.15) is 0 Å². The zero-order chi connectivity index (χ0) is 15.7. The smallest absolute Gasteiger partial charge is 0.254 e. The highest BCUT2D eigenvalue weighted by molar-refractivity contribution is 7.91. The van der Waals surface area contributed by atoms with Crippen molar-refractivity contribution in [2.75, 3.05) is 31.8 Å². The van der Waals surface area contributed by atoms with Gasteiger partial charge in [0.1, 0.15) is 0 Å². The van der Waals surface area contributed by atoms with Gasteiger partial charge in [0.05, 0.1) is 24.7 Å². The maximum atomic E-state index is 12.5. The summed E-state index contributed by atoms with van der Waals surface area (Å²) in [5.41, 5.74) is 0.482. The molecule has 0 bridgehead atoms. The number of fused-ring (bicyclic) bond motifs is 1. The molecule has 1 fully saturated rings. The first-order chi connectivity index (χ1) is 10.5. The van der Waals surface area contributed by atoms with Crippen molar-refractivity contribution in [3.05, 3.63) is 23.8 Å². The van der Waals surface area contributed by atoms with Crippen LogP contribution in [0.25, 0.3) is 0 Å². The van der Waals surface area contributed by atoms with Crippen molar-refractivity contribution in [1.29, 1.82) is 0 Å². The third-order valence-corrected chi connectivity index (χ3v) is 5.82. The molecule has 1 amide bonds.